The van der Waals surface area contributed by atoms with E-state index in [0.717, 1.165) is 24.4 Å². The predicted octanol–water partition coefficient (Wildman–Crippen LogP) is 3.23. The average Bonchev–Trinajstić information content (AvgIpc) is 3.17. The third-order valence-electron chi connectivity index (χ3n) is 5.10. The van der Waals surface area contributed by atoms with E-state index in [0.29, 0.717) is 40.1 Å². The molecule has 11 heteroatoms. The summed E-state index contributed by atoms with van der Waals surface area (Å²) in [6, 6.07) is 9.89. The Bertz CT molecular complexity index is 1210. The molecule has 1 fully saturated rings. The SMILES string of the molecule is O=C(CS(=O)(=O)c1ccc(Cl)cc1)N(CCN1CCOCC1)c1nc2ccc(F)cc2s1. The maximum absolute atomic E-state index is 13.6. The van der Waals surface area contributed by atoms with Crippen LogP contribution >= 0.6 is 22.9 Å². The quantitative estimate of drug-likeness (QED) is 0.498. The van der Waals surface area contributed by atoms with Gasteiger partial charge in [0.15, 0.2) is 15.0 Å². The van der Waals surface area contributed by atoms with Crippen LogP contribution < -0.4 is 4.90 Å². The Morgan fingerprint density at radius 2 is 1.91 bits per heavy atom. The summed E-state index contributed by atoms with van der Waals surface area (Å²) in [7, 11) is -3.88. The van der Waals surface area contributed by atoms with E-state index in [4.69, 9.17) is 16.3 Å². The number of nitrogens with zero attached hydrogens (tertiary/aromatic N) is 3. The summed E-state index contributed by atoms with van der Waals surface area (Å²) in [5.41, 5.74) is 0.552. The lowest BCUT2D eigenvalue weighted by atomic mass is 10.3. The highest BCUT2D eigenvalue weighted by atomic mass is 35.5. The molecule has 1 aromatic heterocycles. The van der Waals surface area contributed by atoms with Gasteiger partial charge in [0, 0.05) is 31.2 Å². The van der Waals surface area contributed by atoms with E-state index in [1.54, 1.807) is 6.07 Å². The minimum absolute atomic E-state index is 0.0229. The lowest BCUT2D eigenvalue weighted by molar-refractivity contribution is -0.116. The van der Waals surface area contributed by atoms with Crippen molar-refractivity contribution in [1.29, 1.82) is 0 Å². The van der Waals surface area contributed by atoms with E-state index < -0.39 is 27.3 Å². The Labute approximate surface area is 194 Å². The molecule has 4 rings (SSSR count). The van der Waals surface area contributed by atoms with Crippen molar-refractivity contribution in [2.24, 2.45) is 0 Å². The standard InChI is InChI=1S/C21H21ClFN3O4S2/c22-15-1-4-17(5-2-15)32(28,29)14-20(27)26(8-7-25-9-11-30-12-10-25)21-24-18-6-3-16(23)13-19(18)31-21/h1-6,13H,7-12,14H2. The molecule has 0 unspecified atom stereocenters. The zero-order chi connectivity index (χ0) is 22.7. The van der Waals surface area contributed by atoms with Gasteiger partial charge in [0.05, 0.1) is 28.3 Å². The number of rotatable bonds is 7. The monoisotopic (exact) mass is 497 g/mol. The molecule has 1 saturated heterocycles. The highest BCUT2D eigenvalue weighted by molar-refractivity contribution is 7.92. The van der Waals surface area contributed by atoms with E-state index in [-0.39, 0.29) is 11.4 Å². The summed E-state index contributed by atoms with van der Waals surface area (Å²) in [6.45, 7) is 3.49. The first-order valence-electron chi connectivity index (χ1n) is 9.97. The van der Waals surface area contributed by atoms with Crippen LogP contribution in [-0.4, -0.2) is 69.4 Å². The molecular formula is C21H21ClFN3O4S2. The van der Waals surface area contributed by atoms with Gasteiger partial charge in [-0.25, -0.2) is 17.8 Å². The molecule has 0 saturated carbocycles. The molecule has 0 bridgehead atoms. The number of aromatic nitrogens is 1. The van der Waals surface area contributed by atoms with Gasteiger partial charge < -0.3 is 4.74 Å². The lowest BCUT2D eigenvalue weighted by Gasteiger charge is -2.29. The molecular weight excluding hydrogens is 477 g/mol. The molecule has 1 amide bonds. The van der Waals surface area contributed by atoms with Crippen LogP contribution in [0.15, 0.2) is 47.4 Å². The van der Waals surface area contributed by atoms with Gasteiger partial charge in [0.1, 0.15) is 11.6 Å². The minimum atomic E-state index is -3.88. The summed E-state index contributed by atoms with van der Waals surface area (Å²) < 4.78 is 45.2. The minimum Gasteiger partial charge on any atom is -0.379 e. The summed E-state index contributed by atoms with van der Waals surface area (Å²) in [6.07, 6.45) is 0. The van der Waals surface area contributed by atoms with Crippen LogP contribution in [0, 0.1) is 5.82 Å². The number of hydrogen-bond donors (Lipinski definition) is 0. The largest absolute Gasteiger partial charge is 0.379 e. The van der Waals surface area contributed by atoms with E-state index >= 15 is 0 Å². The van der Waals surface area contributed by atoms with Crippen LogP contribution in [0.1, 0.15) is 0 Å². The third kappa shape index (κ3) is 5.44. The van der Waals surface area contributed by atoms with Gasteiger partial charge in [-0.2, -0.15) is 0 Å². The number of ether oxygens (including phenoxy) is 1. The number of benzene rings is 2. The molecule has 170 valence electrons. The number of thiazole rings is 1. The van der Waals surface area contributed by atoms with Crippen molar-refractivity contribution in [3.63, 3.8) is 0 Å². The van der Waals surface area contributed by atoms with Gasteiger partial charge in [0.2, 0.25) is 5.91 Å². The first-order valence-corrected chi connectivity index (χ1v) is 12.8. The maximum Gasteiger partial charge on any atom is 0.244 e. The van der Waals surface area contributed by atoms with Gasteiger partial charge in [-0.15, -0.1) is 0 Å². The van der Waals surface area contributed by atoms with Crippen molar-refractivity contribution in [1.82, 2.24) is 9.88 Å². The number of carbonyl (C=O) groups is 1. The Kier molecular flexibility index (Phi) is 7.06. The van der Waals surface area contributed by atoms with Gasteiger partial charge in [-0.3, -0.25) is 14.6 Å². The van der Waals surface area contributed by atoms with E-state index in [2.05, 4.69) is 9.88 Å². The van der Waals surface area contributed by atoms with Crippen molar-refractivity contribution in [2.45, 2.75) is 4.90 Å². The summed E-state index contributed by atoms with van der Waals surface area (Å²) >= 11 is 7.00. The lowest BCUT2D eigenvalue weighted by Crippen LogP contribution is -2.44. The first-order chi connectivity index (χ1) is 15.3. The van der Waals surface area contributed by atoms with Gasteiger partial charge in [0.25, 0.3) is 0 Å². The number of hydrogen-bond acceptors (Lipinski definition) is 7. The van der Waals surface area contributed by atoms with Crippen molar-refractivity contribution >= 4 is 54.0 Å². The highest BCUT2D eigenvalue weighted by Gasteiger charge is 2.27. The van der Waals surface area contributed by atoms with Crippen LogP contribution in [0.4, 0.5) is 9.52 Å². The number of sulfone groups is 1. The second kappa shape index (κ2) is 9.80. The fourth-order valence-corrected chi connectivity index (χ4v) is 5.72. The molecule has 0 spiro atoms. The topological polar surface area (TPSA) is 79.8 Å². The molecule has 2 heterocycles. The second-order valence-electron chi connectivity index (χ2n) is 7.32. The smallest absolute Gasteiger partial charge is 0.244 e. The number of carbonyl (C=O) groups excluding carboxylic acids is 1. The molecule has 1 aliphatic heterocycles. The number of halogens is 2. The summed E-state index contributed by atoms with van der Waals surface area (Å²) in [4.78, 5) is 21.2. The zero-order valence-electron chi connectivity index (χ0n) is 17.0. The third-order valence-corrected chi connectivity index (χ3v) is 8.01. The van der Waals surface area contributed by atoms with Crippen LogP contribution in [0.3, 0.4) is 0 Å². The normalized spacial score (nSPS) is 15.2. The molecule has 0 N–H and O–H groups in total. The van der Waals surface area contributed by atoms with E-state index in [1.165, 1.54) is 41.3 Å². The van der Waals surface area contributed by atoms with Crippen LogP contribution in [-0.2, 0) is 19.4 Å². The predicted molar refractivity (Wildman–Crippen MR) is 123 cm³/mol. The Morgan fingerprint density at radius 3 is 2.62 bits per heavy atom. The number of fused-ring (bicyclic) bond motifs is 1. The Morgan fingerprint density at radius 1 is 1.19 bits per heavy atom. The zero-order valence-corrected chi connectivity index (χ0v) is 19.4. The molecule has 0 aliphatic carbocycles. The molecule has 0 atom stereocenters. The summed E-state index contributed by atoms with van der Waals surface area (Å²) in [5, 5.41) is 0.749. The van der Waals surface area contributed by atoms with E-state index in [1.807, 2.05) is 0 Å². The number of morpholine rings is 1. The van der Waals surface area contributed by atoms with Crippen LogP contribution in [0.5, 0.6) is 0 Å². The average molecular weight is 498 g/mol. The van der Waals surface area contributed by atoms with Crippen molar-refractivity contribution in [2.75, 3.05) is 50.0 Å². The van der Waals surface area contributed by atoms with Crippen LogP contribution in [0.2, 0.25) is 5.02 Å². The van der Waals surface area contributed by atoms with Crippen molar-refractivity contribution < 1.29 is 22.3 Å². The molecule has 32 heavy (non-hydrogen) atoms. The number of amides is 1. The molecule has 3 aromatic rings. The van der Waals surface area contributed by atoms with Crippen molar-refractivity contribution in [3.05, 3.63) is 53.3 Å². The number of anilines is 1. The van der Waals surface area contributed by atoms with Crippen LogP contribution in [0.25, 0.3) is 10.2 Å². The highest BCUT2D eigenvalue weighted by Crippen LogP contribution is 2.30. The summed E-state index contributed by atoms with van der Waals surface area (Å²) in [5.74, 6) is -1.70. The van der Waals surface area contributed by atoms with E-state index in [9.17, 15) is 17.6 Å². The fourth-order valence-electron chi connectivity index (χ4n) is 3.36. The van der Waals surface area contributed by atoms with Gasteiger partial charge in [-0.1, -0.05) is 22.9 Å². The fraction of sp³-hybridized carbons (Fsp3) is 0.333. The Hall–Kier alpha value is -2.11. The van der Waals surface area contributed by atoms with Gasteiger partial charge in [-0.05, 0) is 42.5 Å². The molecule has 1 aliphatic rings. The second-order valence-corrected chi connectivity index (χ2v) is 10.8. The first kappa shape index (κ1) is 23.1. The molecule has 2 aromatic carbocycles. The Balaban J connectivity index is 1.59. The maximum atomic E-state index is 13.6. The molecule has 7 nitrogen and oxygen atoms in total. The molecule has 0 radical (unpaired) electrons. The van der Waals surface area contributed by atoms with Gasteiger partial charge >= 0.3 is 0 Å². The van der Waals surface area contributed by atoms with Crippen molar-refractivity contribution in [3.8, 4) is 0 Å².